The van der Waals surface area contributed by atoms with E-state index in [4.69, 9.17) is 5.73 Å². The van der Waals surface area contributed by atoms with E-state index in [1.807, 2.05) is 25.2 Å². The standard InChI is InChI=1S/C8H9N3/c1-5-7-3-2-6(9)4-8(7)11-10-5/h2-4,7H,9H2,1H3/t7-/m1/s1. The molecule has 0 unspecified atom stereocenters. The molecule has 0 saturated heterocycles. The second-order valence-corrected chi connectivity index (χ2v) is 2.75. The van der Waals surface area contributed by atoms with Gasteiger partial charge in [0, 0.05) is 5.70 Å². The molecule has 1 aliphatic heterocycles. The first-order valence-corrected chi connectivity index (χ1v) is 3.55. The molecule has 0 aromatic heterocycles. The second kappa shape index (κ2) is 2.05. The molecule has 1 aliphatic carbocycles. The lowest BCUT2D eigenvalue weighted by Gasteiger charge is -2.09. The van der Waals surface area contributed by atoms with E-state index in [0.717, 1.165) is 17.1 Å². The monoisotopic (exact) mass is 147 g/mol. The molecule has 56 valence electrons. The van der Waals surface area contributed by atoms with Crippen LogP contribution in [0.3, 0.4) is 0 Å². The van der Waals surface area contributed by atoms with Gasteiger partial charge in [-0.15, -0.1) is 0 Å². The van der Waals surface area contributed by atoms with E-state index in [2.05, 4.69) is 10.2 Å². The van der Waals surface area contributed by atoms with Crippen LogP contribution in [-0.4, -0.2) is 11.4 Å². The highest BCUT2D eigenvalue weighted by molar-refractivity contribution is 6.16. The highest BCUT2D eigenvalue weighted by Crippen LogP contribution is 2.18. The molecule has 0 fully saturated rings. The van der Waals surface area contributed by atoms with Gasteiger partial charge in [-0.2, -0.15) is 10.2 Å². The van der Waals surface area contributed by atoms with Crippen molar-refractivity contribution in [2.75, 3.05) is 0 Å². The van der Waals surface area contributed by atoms with Gasteiger partial charge in [-0.05, 0) is 19.1 Å². The lowest BCUT2D eigenvalue weighted by Crippen LogP contribution is -2.18. The maximum absolute atomic E-state index is 5.58. The molecule has 3 heteroatoms. The largest absolute Gasteiger partial charge is 0.399 e. The number of fused-ring (bicyclic) bond motifs is 1. The second-order valence-electron chi connectivity index (χ2n) is 2.75. The highest BCUT2D eigenvalue weighted by atomic mass is 15.2. The van der Waals surface area contributed by atoms with E-state index in [0.29, 0.717) is 0 Å². The zero-order chi connectivity index (χ0) is 7.84. The van der Waals surface area contributed by atoms with Crippen molar-refractivity contribution in [2.24, 2.45) is 21.9 Å². The Hall–Kier alpha value is -1.38. The molecule has 0 radical (unpaired) electrons. The summed E-state index contributed by atoms with van der Waals surface area (Å²) >= 11 is 0. The summed E-state index contributed by atoms with van der Waals surface area (Å²) in [6.45, 7) is 1.97. The van der Waals surface area contributed by atoms with Crippen molar-refractivity contribution in [3.63, 3.8) is 0 Å². The van der Waals surface area contributed by atoms with E-state index >= 15 is 0 Å². The van der Waals surface area contributed by atoms with Crippen LogP contribution >= 0.6 is 0 Å². The Kier molecular flexibility index (Phi) is 1.18. The minimum atomic E-state index is 0.280. The molecule has 1 heterocycles. The summed E-state index contributed by atoms with van der Waals surface area (Å²) in [6.07, 6.45) is 5.79. The van der Waals surface area contributed by atoms with Crippen LogP contribution in [0.15, 0.2) is 34.1 Å². The smallest absolute Gasteiger partial charge is 0.0776 e. The Labute approximate surface area is 65.0 Å². The summed E-state index contributed by atoms with van der Waals surface area (Å²) in [7, 11) is 0. The number of hydrogen-bond donors (Lipinski definition) is 1. The van der Waals surface area contributed by atoms with Crippen LogP contribution < -0.4 is 5.73 Å². The van der Waals surface area contributed by atoms with Crippen molar-refractivity contribution in [3.8, 4) is 0 Å². The molecule has 0 aromatic rings. The van der Waals surface area contributed by atoms with Crippen LogP contribution in [0.1, 0.15) is 6.92 Å². The summed E-state index contributed by atoms with van der Waals surface area (Å²) in [4.78, 5) is 0. The maximum atomic E-state index is 5.58. The normalized spacial score (nSPS) is 27.4. The molecule has 2 aliphatic rings. The molecule has 11 heavy (non-hydrogen) atoms. The van der Waals surface area contributed by atoms with Gasteiger partial charge in [-0.3, -0.25) is 0 Å². The predicted molar refractivity (Wildman–Crippen MR) is 45.4 cm³/mol. The van der Waals surface area contributed by atoms with Crippen LogP contribution in [0, 0.1) is 5.92 Å². The van der Waals surface area contributed by atoms with Gasteiger partial charge < -0.3 is 5.73 Å². The van der Waals surface area contributed by atoms with Gasteiger partial charge in [0.2, 0.25) is 0 Å². The molecule has 2 rings (SSSR count). The fourth-order valence-electron chi connectivity index (χ4n) is 1.26. The number of allylic oxidation sites excluding steroid dienone is 3. The lowest BCUT2D eigenvalue weighted by atomic mass is 9.94. The maximum Gasteiger partial charge on any atom is 0.0776 e. The topological polar surface area (TPSA) is 50.7 Å². The highest BCUT2D eigenvalue weighted by Gasteiger charge is 2.21. The third kappa shape index (κ3) is 0.888. The average Bonchev–Trinajstić information content (AvgIpc) is 2.32. The SMILES string of the molecule is CC1=NN=C2C=C(N)C=C[C@H]12. The van der Waals surface area contributed by atoms with Gasteiger partial charge >= 0.3 is 0 Å². The third-order valence-electron chi connectivity index (χ3n) is 1.89. The summed E-state index contributed by atoms with van der Waals surface area (Å²) in [5, 5.41) is 7.95. The van der Waals surface area contributed by atoms with Gasteiger partial charge in [-0.1, -0.05) is 6.08 Å². The first kappa shape index (κ1) is 6.34. The Bertz CT molecular complexity index is 307. The molecule has 2 N–H and O–H groups in total. The summed E-state index contributed by atoms with van der Waals surface area (Å²) in [5.74, 6) is 0.280. The number of hydrogen-bond acceptors (Lipinski definition) is 3. The van der Waals surface area contributed by atoms with E-state index < -0.39 is 0 Å². The predicted octanol–water partition coefficient (Wildman–Crippen LogP) is 0.846. The minimum Gasteiger partial charge on any atom is -0.399 e. The zero-order valence-corrected chi connectivity index (χ0v) is 6.28. The molecule has 0 amide bonds. The van der Waals surface area contributed by atoms with Crippen LogP contribution in [0.4, 0.5) is 0 Å². The fraction of sp³-hybridized carbons (Fsp3) is 0.250. The van der Waals surface area contributed by atoms with E-state index in [1.54, 1.807) is 0 Å². The molecular formula is C8H9N3. The summed E-state index contributed by atoms with van der Waals surface area (Å²) in [6, 6.07) is 0. The molecular weight excluding hydrogens is 138 g/mol. The summed E-state index contributed by atoms with van der Waals surface area (Å²) < 4.78 is 0. The van der Waals surface area contributed by atoms with Crippen molar-refractivity contribution in [1.29, 1.82) is 0 Å². The van der Waals surface area contributed by atoms with Crippen molar-refractivity contribution in [3.05, 3.63) is 23.9 Å². The van der Waals surface area contributed by atoms with Crippen molar-refractivity contribution in [2.45, 2.75) is 6.92 Å². The Balaban J connectivity index is 2.38. The van der Waals surface area contributed by atoms with Crippen LogP contribution in [0.2, 0.25) is 0 Å². The van der Waals surface area contributed by atoms with E-state index in [1.165, 1.54) is 0 Å². The van der Waals surface area contributed by atoms with Crippen LogP contribution in [-0.2, 0) is 0 Å². The van der Waals surface area contributed by atoms with Crippen molar-refractivity contribution in [1.82, 2.24) is 0 Å². The van der Waals surface area contributed by atoms with Gasteiger partial charge in [0.25, 0.3) is 0 Å². The summed E-state index contributed by atoms with van der Waals surface area (Å²) in [5.41, 5.74) is 8.34. The molecule has 3 nitrogen and oxygen atoms in total. The Morgan fingerprint density at radius 1 is 1.45 bits per heavy atom. The van der Waals surface area contributed by atoms with Gasteiger partial charge in [0.15, 0.2) is 0 Å². The quantitative estimate of drug-likeness (QED) is 0.542. The van der Waals surface area contributed by atoms with Crippen LogP contribution in [0.25, 0.3) is 0 Å². The minimum absolute atomic E-state index is 0.280. The molecule has 1 atom stereocenters. The first-order valence-electron chi connectivity index (χ1n) is 3.55. The van der Waals surface area contributed by atoms with Gasteiger partial charge in [-0.25, -0.2) is 0 Å². The molecule has 0 spiro atoms. The average molecular weight is 147 g/mol. The van der Waals surface area contributed by atoms with Crippen LogP contribution in [0.5, 0.6) is 0 Å². The number of nitrogens with two attached hydrogens (primary N) is 1. The fourth-order valence-corrected chi connectivity index (χ4v) is 1.26. The number of nitrogens with zero attached hydrogens (tertiary/aromatic N) is 2. The van der Waals surface area contributed by atoms with E-state index in [9.17, 15) is 0 Å². The van der Waals surface area contributed by atoms with Crippen molar-refractivity contribution >= 4 is 11.4 Å². The molecule has 0 bridgehead atoms. The zero-order valence-electron chi connectivity index (χ0n) is 6.28. The van der Waals surface area contributed by atoms with E-state index in [-0.39, 0.29) is 5.92 Å². The molecule has 0 saturated carbocycles. The first-order chi connectivity index (χ1) is 5.27. The lowest BCUT2D eigenvalue weighted by molar-refractivity contribution is 1.20. The number of rotatable bonds is 0. The van der Waals surface area contributed by atoms with Gasteiger partial charge in [0.1, 0.15) is 0 Å². The molecule has 0 aromatic carbocycles. The third-order valence-corrected chi connectivity index (χ3v) is 1.89. The Morgan fingerprint density at radius 2 is 2.27 bits per heavy atom. The Morgan fingerprint density at radius 3 is 3.09 bits per heavy atom. The van der Waals surface area contributed by atoms with Crippen molar-refractivity contribution < 1.29 is 0 Å². The van der Waals surface area contributed by atoms with Gasteiger partial charge in [0.05, 0.1) is 17.3 Å².